The molecule has 0 spiro atoms. The molecular formula is C21H26F2N6O. The van der Waals surface area contributed by atoms with Crippen LogP contribution in [0.5, 0.6) is 5.88 Å². The first-order valence-corrected chi connectivity index (χ1v) is 10.1. The highest BCUT2D eigenvalue weighted by molar-refractivity contribution is 5.93. The number of aromatic nitrogens is 4. The van der Waals surface area contributed by atoms with Gasteiger partial charge in [0.15, 0.2) is 0 Å². The number of nitrogens with zero attached hydrogens (tertiary/aromatic N) is 5. The van der Waals surface area contributed by atoms with Crippen LogP contribution in [0.15, 0.2) is 30.6 Å². The Morgan fingerprint density at radius 2 is 1.93 bits per heavy atom. The summed E-state index contributed by atoms with van der Waals surface area (Å²) in [5.74, 6) is -1.30. The summed E-state index contributed by atoms with van der Waals surface area (Å²) < 4.78 is 32.3. The van der Waals surface area contributed by atoms with Gasteiger partial charge in [-0.2, -0.15) is 5.10 Å². The third-order valence-corrected chi connectivity index (χ3v) is 5.00. The van der Waals surface area contributed by atoms with Gasteiger partial charge in [-0.3, -0.25) is 10.00 Å². The Hall–Kier alpha value is -2.81. The second-order valence-corrected chi connectivity index (χ2v) is 8.04. The van der Waals surface area contributed by atoms with Crippen LogP contribution in [0.3, 0.4) is 0 Å². The van der Waals surface area contributed by atoms with Crippen LogP contribution >= 0.6 is 0 Å². The fourth-order valence-electron chi connectivity index (χ4n) is 3.69. The van der Waals surface area contributed by atoms with E-state index in [-0.39, 0.29) is 12.6 Å². The molecule has 0 atom stereocenters. The zero-order chi connectivity index (χ0) is 21.3. The number of hydrogen-bond acceptors (Lipinski definition) is 6. The summed E-state index contributed by atoms with van der Waals surface area (Å²) in [6.45, 7) is 7.16. The van der Waals surface area contributed by atoms with E-state index in [4.69, 9.17) is 4.74 Å². The Morgan fingerprint density at radius 1 is 1.17 bits per heavy atom. The molecule has 3 aromatic heterocycles. The number of nitrogens with one attached hydrogen (secondary N) is 1. The maximum Gasteiger partial charge on any atom is 0.257 e. The number of ether oxygens (including phenoxy) is 1. The van der Waals surface area contributed by atoms with Gasteiger partial charge in [-0.1, -0.05) is 0 Å². The highest BCUT2D eigenvalue weighted by Crippen LogP contribution is 2.30. The van der Waals surface area contributed by atoms with E-state index in [1.54, 1.807) is 17.3 Å². The first-order chi connectivity index (χ1) is 14.3. The van der Waals surface area contributed by atoms with Gasteiger partial charge in [-0.25, -0.2) is 18.7 Å². The summed E-state index contributed by atoms with van der Waals surface area (Å²) in [7, 11) is 0. The summed E-state index contributed by atoms with van der Waals surface area (Å²) in [6.07, 6.45) is 3.50. The van der Waals surface area contributed by atoms with Crippen LogP contribution in [0.25, 0.3) is 22.2 Å². The fraction of sp³-hybridized carbons (Fsp3) is 0.476. The number of piperazine rings is 1. The van der Waals surface area contributed by atoms with Crippen LogP contribution in [-0.2, 0) is 0 Å². The van der Waals surface area contributed by atoms with Gasteiger partial charge < -0.3 is 9.64 Å². The Labute approximate surface area is 174 Å². The first-order valence-electron chi connectivity index (χ1n) is 10.1. The Kier molecular flexibility index (Phi) is 5.55. The van der Waals surface area contributed by atoms with Gasteiger partial charge in [0.1, 0.15) is 11.5 Å². The molecule has 1 aliphatic rings. The molecule has 30 heavy (non-hydrogen) atoms. The maximum atomic E-state index is 13.3. The summed E-state index contributed by atoms with van der Waals surface area (Å²) in [5, 5.41) is 8.40. The number of hydrogen-bond donors (Lipinski definition) is 1. The molecule has 0 aromatic carbocycles. The molecule has 1 aliphatic heterocycles. The maximum absolute atomic E-state index is 13.3. The van der Waals surface area contributed by atoms with E-state index >= 15 is 0 Å². The molecule has 3 aromatic rings. The molecule has 1 fully saturated rings. The van der Waals surface area contributed by atoms with Crippen molar-refractivity contribution in [3.05, 3.63) is 30.6 Å². The SMILES string of the molecule is CC(C)Oc1cc2c(-c3ccnc(N4CCN(CC(C)(F)F)CC4)c3)n[nH]c2cn1. The fourth-order valence-corrected chi connectivity index (χ4v) is 3.69. The van der Waals surface area contributed by atoms with E-state index in [9.17, 15) is 8.78 Å². The highest BCUT2D eigenvalue weighted by atomic mass is 19.3. The molecule has 0 amide bonds. The molecule has 4 rings (SSSR count). The van der Waals surface area contributed by atoms with Crippen LogP contribution in [0.1, 0.15) is 20.8 Å². The number of H-pyrrole nitrogens is 1. The zero-order valence-corrected chi connectivity index (χ0v) is 17.4. The van der Waals surface area contributed by atoms with Gasteiger partial charge in [0.25, 0.3) is 5.92 Å². The number of pyridine rings is 2. The van der Waals surface area contributed by atoms with E-state index in [1.807, 2.05) is 32.0 Å². The van der Waals surface area contributed by atoms with E-state index in [1.165, 1.54) is 0 Å². The second kappa shape index (κ2) is 8.14. The van der Waals surface area contributed by atoms with Gasteiger partial charge in [0, 0.05) is 56.3 Å². The highest BCUT2D eigenvalue weighted by Gasteiger charge is 2.28. The summed E-state index contributed by atoms with van der Waals surface area (Å²) in [5.41, 5.74) is 2.55. The minimum Gasteiger partial charge on any atom is -0.475 e. The summed E-state index contributed by atoms with van der Waals surface area (Å²) in [6, 6.07) is 5.79. The van der Waals surface area contributed by atoms with Crippen molar-refractivity contribution >= 4 is 16.7 Å². The molecule has 1 saturated heterocycles. The molecule has 0 aliphatic carbocycles. The molecule has 0 saturated carbocycles. The number of halogens is 2. The van der Waals surface area contributed by atoms with E-state index in [0.29, 0.717) is 32.1 Å². The largest absolute Gasteiger partial charge is 0.475 e. The molecule has 4 heterocycles. The van der Waals surface area contributed by atoms with Crippen molar-refractivity contribution in [3.63, 3.8) is 0 Å². The summed E-state index contributed by atoms with van der Waals surface area (Å²) in [4.78, 5) is 12.7. The number of rotatable bonds is 6. The molecule has 7 nitrogen and oxygen atoms in total. The molecule has 160 valence electrons. The van der Waals surface area contributed by atoms with Crippen molar-refractivity contribution < 1.29 is 13.5 Å². The topological polar surface area (TPSA) is 70.2 Å². The summed E-state index contributed by atoms with van der Waals surface area (Å²) >= 11 is 0. The lowest BCUT2D eigenvalue weighted by Crippen LogP contribution is -2.49. The first kappa shape index (κ1) is 20.5. The van der Waals surface area contributed by atoms with Crippen molar-refractivity contribution in [2.75, 3.05) is 37.6 Å². The monoisotopic (exact) mass is 416 g/mol. The van der Waals surface area contributed by atoms with Crippen molar-refractivity contribution in [1.29, 1.82) is 0 Å². The van der Waals surface area contributed by atoms with Crippen LogP contribution in [0, 0.1) is 0 Å². The van der Waals surface area contributed by atoms with Gasteiger partial charge in [0.05, 0.1) is 24.4 Å². The van der Waals surface area contributed by atoms with Crippen LogP contribution in [-0.4, -0.2) is 69.8 Å². The van der Waals surface area contributed by atoms with Gasteiger partial charge >= 0.3 is 0 Å². The molecule has 9 heteroatoms. The second-order valence-electron chi connectivity index (χ2n) is 8.04. The standard InChI is InChI=1S/C21H26F2N6O/c1-14(2)30-19-11-16-17(12-25-19)26-27-20(16)15-4-5-24-18(10-15)29-8-6-28(7-9-29)13-21(3,22)23/h4-5,10-12,14H,6-9,13H2,1-3H3,(H,26,27). The molecular weight excluding hydrogens is 390 g/mol. The lowest BCUT2D eigenvalue weighted by atomic mass is 10.1. The minimum absolute atomic E-state index is 0.0316. The Balaban J connectivity index is 1.54. The molecule has 0 radical (unpaired) electrons. The lowest BCUT2D eigenvalue weighted by molar-refractivity contribution is -0.0155. The van der Waals surface area contributed by atoms with Gasteiger partial charge in [-0.05, 0) is 26.0 Å². The van der Waals surface area contributed by atoms with Crippen molar-refractivity contribution in [2.45, 2.75) is 32.8 Å². The Bertz CT molecular complexity index is 1010. The van der Waals surface area contributed by atoms with Crippen molar-refractivity contribution in [1.82, 2.24) is 25.1 Å². The quantitative estimate of drug-likeness (QED) is 0.662. The lowest BCUT2D eigenvalue weighted by Gasteiger charge is -2.36. The van der Waals surface area contributed by atoms with Crippen LogP contribution in [0.4, 0.5) is 14.6 Å². The molecule has 0 unspecified atom stereocenters. The number of aromatic amines is 1. The predicted molar refractivity (Wildman–Crippen MR) is 112 cm³/mol. The van der Waals surface area contributed by atoms with Crippen LogP contribution < -0.4 is 9.64 Å². The number of anilines is 1. The van der Waals surface area contributed by atoms with E-state index < -0.39 is 5.92 Å². The third-order valence-electron chi connectivity index (χ3n) is 5.00. The normalized spacial score (nSPS) is 15.9. The van der Waals surface area contributed by atoms with E-state index in [0.717, 1.165) is 34.9 Å². The number of fused-ring (bicyclic) bond motifs is 1. The molecule has 0 bridgehead atoms. The van der Waals surface area contributed by atoms with Crippen LogP contribution in [0.2, 0.25) is 0 Å². The third kappa shape index (κ3) is 4.67. The molecule has 1 N–H and O–H groups in total. The zero-order valence-electron chi connectivity index (χ0n) is 17.4. The predicted octanol–water partition coefficient (Wildman–Crippen LogP) is 3.58. The average molecular weight is 416 g/mol. The Morgan fingerprint density at radius 3 is 2.63 bits per heavy atom. The minimum atomic E-state index is -2.67. The van der Waals surface area contributed by atoms with Gasteiger partial charge in [0.2, 0.25) is 5.88 Å². The number of alkyl halides is 2. The average Bonchev–Trinajstić information content (AvgIpc) is 3.10. The van der Waals surface area contributed by atoms with Crippen molar-refractivity contribution in [2.24, 2.45) is 0 Å². The smallest absolute Gasteiger partial charge is 0.257 e. The van der Waals surface area contributed by atoms with Crippen molar-refractivity contribution in [3.8, 4) is 17.1 Å². The van der Waals surface area contributed by atoms with E-state index in [2.05, 4.69) is 25.1 Å². The van der Waals surface area contributed by atoms with Gasteiger partial charge in [-0.15, -0.1) is 0 Å².